The van der Waals surface area contributed by atoms with Crippen molar-refractivity contribution in [2.75, 3.05) is 13.3 Å². The summed E-state index contributed by atoms with van der Waals surface area (Å²) in [5.41, 5.74) is 1.83. The minimum atomic E-state index is -3.17. The molecule has 0 amide bonds. The van der Waals surface area contributed by atoms with Gasteiger partial charge in [-0.15, -0.1) is 0 Å². The molecule has 0 radical (unpaired) electrons. The number of guanidine groups is 1. The summed E-state index contributed by atoms with van der Waals surface area (Å²) in [6, 6.07) is 6.75. The Morgan fingerprint density at radius 3 is 2.29 bits per heavy atom. The molecule has 0 aliphatic carbocycles. The number of aryl methyl sites for hydroxylation is 2. The van der Waals surface area contributed by atoms with E-state index < -0.39 is 9.84 Å². The van der Waals surface area contributed by atoms with Gasteiger partial charge >= 0.3 is 0 Å². The predicted molar refractivity (Wildman–Crippen MR) is 92.6 cm³/mol. The van der Waals surface area contributed by atoms with Crippen molar-refractivity contribution < 1.29 is 12.8 Å². The highest BCUT2D eigenvalue weighted by Crippen LogP contribution is 2.10. The van der Waals surface area contributed by atoms with Crippen molar-refractivity contribution in [1.29, 1.82) is 0 Å². The molecule has 130 valence electrons. The summed E-state index contributed by atoms with van der Waals surface area (Å²) in [4.78, 5) is 8.74. The zero-order valence-electron chi connectivity index (χ0n) is 14.3. The molecule has 0 unspecified atom stereocenters. The van der Waals surface area contributed by atoms with Gasteiger partial charge in [0, 0.05) is 19.8 Å². The summed E-state index contributed by atoms with van der Waals surface area (Å²) in [5.74, 6) is 2.02. The fourth-order valence-corrected chi connectivity index (χ4v) is 2.67. The largest absolute Gasteiger partial charge is 0.444 e. The van der Waals surface area contributed by atoms with Crippen LogP contribution in [0.4, 0.5) is 0 Å². The van der Waals surface area contributed by atoms with Crippen molar-refractivity contribution in [1.82, 2.24) is 15.6 Å². The second-order valence-electron chi connectivity index (χ2n) is 5.44. The van der Waals surface area contributed by atoms with Crippen LogP contribution in [0.15, 0.2) is 38.6 Å². The minimum Gasteiger partial charge on any atom is -0.444 e. The standard InChI is InChI=1S/C16H22N4O3S/c1-11-12(2)23-15(20-11)10-19-16(17-3)18-9-13-5-7-14(8-6-13)24(4,21)22/h5-8H,9-10H2,1-4H3,(H2,17,18,19). The van der Waals surface area contributed by atoms with Gasteiger partial charge in [0.15, 0.2) is 15.8 Å². The topological polar surface area (TPSA) is 96.6 Å². The lowest BCUT2D eigenvalue weighted by molar-refractivity contribution is 0.463. The van der Waals surface area contributed by atoms with E-state index in [0.29, 0.717) is 29.8 Å². The van der Waals surface area contributed by atoms with Crippen LogP contribution in [0.2, 0.25) is 0 Å². The molecule has 0 saturated heterocycles. The van der Waals surface area contributed by atoms with Crippen molar-refractivity contribution in [3.8, 4) is 0 Å². The zero-order valence-corrected chi connectivity index (χ0v) is 15.1. The molecule has 0 spiro atoms. The quantitative estimate of drug-likeness (QED) is 0.627. The molecule has 0 fully saturated rings. The molecule has 0 saturated carbocycles. The van der Waals surface area contributed by atoms with Gasteiger partial charge in [-0.2, -0.15) is 0 Å². The van der Waals surface area contributed by atoms with Gasteiger partial charge in [-0.05, 0) is 31.5 Å². The van der Waals surface area contributed by atoms with E-state index in [0.717, 1.165) is 17.0 Å². The first-order chi connectivity index (χ1) is 11.3. The molecular formula is C16H22N4O3S. The smallest absolute Gasteiger partial charge is 0.214 e. The summed E-state index contributed by atoms with van der Waals surface area (Å²) >= 11 is 0. The normalized spacial score (nSPS) is 12.2. The Morgan fingerprint density at radius 2 is 1.79 bits per heavy atom. The number of aromatic nitrogens is 1. The average Bonchev–Trinajstić information content (AvgIpc) is 2.85. The molecule has 0 bridgehead atoms. The van der Waals surface area contributed by atoms with Crippen molar-refractivity contribution in [3.63, 3.8) is 0 Å². The first kappa shape index (κ1) is 18.0. The summed E-state index contributed by atoms with van der Waals surface area (Å²) in [7, 11) is -1.50. The maximum Gasteiger partial charge on any atom is 0.214 e. The van der Waals surface area contributed by atoms with Crippen molar-refractivity contribution in [2.24, 2.45) is 4.99 Å². The molecule has 2 rings (SSSR count). The number of hydrogen-bond donors (Lipinski definition) is 2. The fourth-order valence-electron chi connectivity index (χ4n) is 2.04. The Hall–Kier alpha value is -2.35. The Labute approximate surface area is 142 Å². The van der Waals surface area contributed by atoms with E-state index in [1.807, 2.05) is 13.8 Å². The van der Waals surface area contributed by atoms with E-state index in [1.165, 1.54) is 6.26 Å². The number of benzene rings is 1. The van der Waals surface area contributed by atoms with Crippen LogP contribution in [0.3, 0.4) is 0 Å². The average molecular weight is 350 g/mol. The first-order valence-corrected chi connectivity index (χ1v) is 9.35. The summed E-state index contributed by atoms with van der Waals surface area (Å²) < 4.78 is 28.4. The van der Waals surface area contributed by atoms with E-state index in [4.69, 9.17) is 4.42 Å². The van der Waals surface area contributed by atoms with Crippen LogP contribution in [-0.2, 0) is 22.9 Å². The van der Waals surface area contributed by atoms with Crippen LogP contribution in [-0.4, -0.2) is 32.7 Å². The third-order valence-electron chi connectivity index (χ3n) is 3.51. The molecule has 2 N–H and O–H groups in total. The molecule has 8 heteroatoms. The van der Waals surface area contributed by atoms with E-state index >= 15 is 0 Å². The van der Waals surface area contributed by atoms with Crippen LogP contribution in [0.25, 0.3) is 0 Å². The van der Waals surface area contributed by atoms with E-state index in [9.17, 15) is 8.42 Å². The van der Waals surface area contributed by atoms with Crippen molar-refractivity contribution in [2.45, 2.75) is 31.8 Å². The van der Waals surface area contributed by atoms with Crippen molar-refractivity contribution in [3.05, 3.63) is 47.2 Å². The molecule has 7 nitrogen and oxygen atoms in total. The second kappa shape index (κ2) is 7.48. The predicted octanol–water partition coefficient (Wildman–Crippen LogP) is 1.56. The zero-order chi connectivity index (χ0) is 17.7. The number of nitrogens with zero attached hydrogens (tertiary/aromatic N) is 2. The first-order valence-electron chi connectivity index (χ1n) is 7.46. The van der Waals surface area contributed by atoms with E-state index in [-0.39, 0.29) is 0 Å². The molecule has 1 aromatic heterocycles. The molecule has 24 heavy (non-hydrogen) atoms. The lowest BCUT2D eigenvalue weighted by Gasteiger charge is -2.11. The molecule has 1 aromatic carbocycles. The van der Waals surface area contributed by atoms with Gasteiger partial charge in [0.2, 0.25) is 5.89 Å². The SMILES string of the molecule is CN=C(NCc1ccc(S(C)(=O)=O)cc1)NCc1nc(C)c(C)o1. The van der Waals surface area contributed by atoms with Gasteiger partial charge in [0.05, 0.1) is 17.1 Å². The molecule has 0 atom stereocenters. The molecule has 0 aliphatic rings. The minimum absolute atomic E-state index is 0.309. The molecule has 2 aromatic rings. The van der Waals surface area contributed by atoms with E-state index in [2.05, 4.69) is 20.6 Å². The van der Waals surface area contributed by atoms with E-state index in [1.54, 1.807) is 31.3 Å². The third-order valence-corrected chi connectivity index (χ3v) is 4.64. The van der Waals surface area contributed by atoms with Crippen LogP contribution in [0.5, 0.6) is 0 Å². The third kappa shape index (κ3) is 4.82. The number of sulfone groups is 1. The van der Waals surface area contributed by atoms with Crippen LogP contribution >= 0.6 is 0 Å². The number of nitrogens with one attached hydrogen (secondary N) is 2. The highest BCUT2D eigenvalue weighted by Gasteiger charge is 2.08. The summed E-state index contributed by atoms with van der Waals surface area (Å²) in [5, 5.41) is 6.27. The number of rotatable bonds is 5. The molecular weight excluding hydrogens is 328 g/mol. The lowest BCUT2D eigenvalue weighted by atomic mass is 10.2. The summed E-state index contributed by atoms with van der Waals surface area (Å²) in [6.45, 7) is 4.73. The van der Waals surface area contributed by atoms with Crippen LogP contribution in [0.1, 0.15) is 22.9 Å². The van der Waals surface area contributed by atoms with Gasteiger partial charge in [-0.3, -0.25) is 4.99 Å². The number of hydrogen-bond acceptors (Lipinski definition) is 5. The number of oxazole rings is 1. The maximum absolute atomic E-state index is 11.4. The van der Waals surface area contributed by atoms with Gasteiger partial charge in [-0.1, -0.05) is 12.1 Å². The Bertz CT molecular complexity index is 804. The second-order valence-corrected chi connectivity index (χ2v) is 7.46. The summed E-state index contributed by atoms with van der Waals surface area (Å²) in [6.07, 6.45) is 1.19. The monoisotopic (exact) mass is 350 g/mol. The lowest BCUT2D eigenvalue weighted by Crippen LogP contribution is -2.36. The van der Waals surface area contributed by atoms with Gasteiger partial charge in [0.1, 0.15) is 5.76 Å². The Morgan fingerprint density at radius 1 is 1.17 bits per heavy atom. The Kier molecular flexibility index (Phi) is 5.61. The molecule has 0 aliphatic heterocycles. The Balaban J connectivity index is 1.89. The highest BCUT2D eigenvalue weighted by atomic mass is 32.2. The maximum atomic E-state index is 11.4. The van der Waals surface area contributed by atoms with Crippen LogP contribution < -0.4 is 10.6 Å². The van der Waals surface area contributed by atoms with Crippen LogP contribution in [0, 0.1) is 13.8 Å². The number of aliphatic imine (C=N–C) groups is 1. The fraction of sp³-hybridized carbons (Fsp3) is 0.375. The van der Waals surface area contributed by atoms with Gasteiger partial charge < -0.3 is 15.1 Å². The van der Waals surface area contributed by atoms with Crippen molar-refractivity contribution >= 4 is 15.8 Å². The highest BCUT2D eigenvalue weighted by molar-refractivity contribution is 7.90. The van der Waals surface area contributed by atoms with Gasteiger partial charge in [0.25, 0.3) is 0 Å². The van der Waals surface area contributed by atoms with Gasteiger partial charge in [-0.25, -0.2) is 13.4 Å². The molecule has 1 heterocycles.